The van der Waals surface area contributed by atoms with Crippen molar-refractivity contribution in [1.82, 2.24) is 0 Å². The number of carbonyl (C=O) groups excluding carboxylic acids is 1. The lowest BCUT2D eigenvalue weighted by molar-refractivity contribution is 0.101. The molecule has 6 heteroatoms. The van der Waals surface area contributed by atoms with Crippen LogP contribution in [-0.2, 0) is 0 Å². The Kier molecular flexibility index (Phi) is 4.16. The monoisotopic (exact) mass is 311 g/mol. The van der Waals surface area contributed by atoms with Crippen molar-refractivity contribution < 1.29 is 9.21 Å². The minimum absolute atomic E-state index is 0.0262. The molecule has 0 saturated heterocycles. The number of Topliss-reactive ketones (excluding diaryl/α,β-unsaturated/α-hetero) is 1. The van der Waals surface area contributed by atoms with Crippen LogP contribution in [0.25, 0.3) is 0 Å². The Labute approximate surface area is 125 Å². The number of anilines is 2. The predicted octanol–water partition coefficient (Wildman–Crippen LogP) is 4.20. The van der Waals surface area contributed by atoms with Gasteiger partial charge in [-0.15, -0.1) is 0 Å². The number of carbonyl (C=O) groups is 1. The third kappa shape index (κ3) is 3.03. The van der Waals surface area contributed by atoms with E-state index in [0.717, 1.165) is 0 Å². The molecule has 1 N–H and O–H groups in total. The van der Waals surface area contributed by atoms with E-state index in [1.54, 1.807) is 31.2 Å². The number of rotatable bonds is 3. The molecule has 1 heterocycles. The molecule has 0 atom stereocenters. The number of hydrogen-bond acceptors (Lipinski definition) is 4. The second kappa shape index (κ2) is 5.69. The zero-order chi connectivity index (χ0) is 14.9. The first-order valence-electron chi connectivity index (χ1n) is 5.76. The zero-order valence-electron chi connectivity index (χ0n) is 10.8. The van der Waals surface area contributed by atoms with Gasteiger partial charge in [0.25, 0.3) is 0 Å². The van der Waals surface area contributed by atoms with E-state index in [-0.39, 0.29) is 11.3 Å². The van der Waals surface area contributed by atoms with E-state index in [2.05, 4.69) is 5.32 Å². The molecule has 1 aromatic heterocycles. The Hall–Kier alpha value is -1.78. The van der Waals surface area contributed by atoms with E-state index in [9.17, 15) is 9.59 Å². The fourth-order valence-electron chi connectivity index (χ4n) is 1.77. The Morgan fingerprint density at radius 1 is 1.20 bits per heavy atom. The van der Waals surface area contributed by atoms with Crippen LogP contribution in [0.3, 0.4) is 0 Å². The molecule has 4 nitrogen and oxygen atoms in total. The largest absolute Gasteiger partial charge is 0.428 e. The summed E-state index contributed by atoms with van der Waals surface area (Å²) in [6.45, 7) is 2.94. The van der Waals surface area contributed by atoms with Gasteiger partial charge in [-0.25, -0.2) is 4.79 Å². The van der Waals surface area contributed by atoms with Gasteiger partial charge in [-0.05, 0) is 32.0 Å². The first-order chi connectivity index (χ1) is 9.38. The summed E-state index contributed by atoms with van der Waals surface area (Å²) in [5.41, 5.74) is 0.304. The molecule has 0 fully saturated rings. The molecule has 104 valence electrons. The highest BCUT2D eigenvalue weighted by Gasteiger charge is 2.15. The Bertz CT molecular complexity index is 738. The molecule has 0 aliphatic carbocycles. The van der Waals surface area contributed by atoms with Crippen LogP contribution in [0, 0.1) is 6.92 Å². The van der Waals surface area contributed by atoms with Crippen molar-refractivity contribution >= 4 is 40.4 Å². The molecule has 0 aliphatic heterocycles. The van der Waals surface area contributed by atoms with Crippen LogP contribution >= 0.6 is 23.2 Å². The second-order valence-corrected chi connectivity index (χ2v) is 5.06. The summed E-state index contributed by atoms with van der Waals surface area (Å²) < 4.78 is 4.93. The van der Waals surface area contributed by atoms with Crippen molar-refractivity contribution in [2.45, 2.75) is 13.8 Å². The topological polar surface area (TPSA) is 59.3 Å². The summed E-state index contributed by atoms with van der Waals surface area (Å²) in [6.07, 6.45) is 0. The van der Waals surface area contributed by atoms with Crippen LogP contribution in [0.15, 0.2) is 33.5 Å². The third-order valence-corrected chi connectivity index (χ3v) is 3.36. The third-order valence-electron chi connectivity index (χ3n) is 2.63. The van der Waals surface area contributed by atoms with Crippen molar-refractivity contribution in [3.05, 3.63) is 56.1 Å². The first kappa shape index (κ1) is 14.6. The average molecular weight is 312 g/mol. The molecule has 0 aliphatic rings. The average Bonchev–Trinajstić information content (AvgIpc) is 2.32. The van der Waals surface area contributed by atoms with E-state index >= 15 is 0 Å². The van der Waals surface area contributed by atoms with Crippen LogP contribution in [-0.4, -0.2) is 5.78 Å². The number of aryl methyl sites for hydroxylation is 1. The lowest BCUT2D eigenvalue weighted by Gasteiger charge is -2.10. The second-order valence-electron chi connectivity index (χ2n) is 4.24. The summed E-state index contributed by atoms with van der Waals surface area (Å²) in [4.78, 5) is 23.3. The van der Waals surface area contributed by atoms with Gasteiger partial charge in [0.15, 0.2) is 5.78 Å². The lowest BCUT2D eigenvalue weighted by atomic mass is 10.1. The Balaban J connectivity index is 2.50. The molecular weight excluding hydrogens is 301 g/mol. The standard InChI is InChI=1S/C14H11Cl2NO3/c1-7-5-12(13(8(2)18)14(19)20-7)17-9-3-4-10(15)11(16)6-9/h3-6,17H,1-2H3. The van der Waals surface area contributed by atoms with Crippen LogP contribution in [0.2, 0.25) is 10.0 Å². The van der Waals surface area contributed by atoms with E-state index in [0.29, 0.717) is 27.2 Å². The molecule has 2 aromatic rings. The molecule has 0 saturated carbocycles. The summed E-state index contributed by atoms with van der Waals surface area (Å²) in [7, 11) is 0. The summed E-state index contributed by atoms with van der Waals surface area (Å²) in [5.74, 6) is 0.0314. The number of nitrogens with one attached hydrogen (secondary N) is 1. The molecule has 2 rings (SSSR count). The van der Waals surface area contributed by atoms with E-state index in [1.165, 1.54) is 6.92 Å². The van der Waals surface area contributed by atoms with Crippen LogP contribution in [0.1, 0.15) is 23.0 Å². The number of hydrogen-bond donors (Lipinski definition) is 1. The van der Waals surface area contributed by atoms with E-state index in [1.807, 2.05) is 0 Å². The number of ketones is 1. The minimum Gasteiger partial charge on any atom is -0.428 e. The first-order valence-corrected chi connectivity index (χ1v) is 6.52. The lowest BCUT2D eigenvalue weighted by Crippen LogP contribution is -2.15. The summed E-state index contributed by atoms with van der Waals surface area (Å²) in [6, 6.07) is 6.51. The van der Waals surface area contributed by atoms with Gasteiger partial charge in [0, 0.05) is 11.8 Å². The normalized spacial score (nSPS) is 10.4. The molecule has 0 unspecified atom stereocenters. The minimum atomic E-state index is -0.667. The molecule has 1 aromatic carbocycles. The molecular formula is C14H11Cl2NO3. The fourth-order valence-corrected chi connectivity index (χ4v) is 2.07. The van der Waals surface area contributed by atoms with Gasteiger partial charge < -0.3 is 9.73 Å². The van der Waals surface area contributed by atoms with Gasteiger partial charge in [0.05, 0.1) is 15.7 Å². The van der Waals surface area contributed by atoms with E-state index in [4.69, 9.17) is 27.6 Å². The summed E-state index contributed by atoms with van der Waals surface area (Å²) in [5, 5.41) is 3.78. The van der Waals surface area contributed by atoms with Gasteiger partial charge in [0.2, 0.25) is 0 Å². The van der Waals surface area contributed by atoms with Gasteiger partial charge >= 0.3 is 5.63 Å². The van der Waals surface area contributed by atoms with Crippen LogP contribution in [0.4, 0.5) is 11.4 Å². The molecule has 0 spiro atoms. The van der Waals surface area contributed by atoms with Crippen molar-refractivity contribution in [3.8, 4) is 0 Å². The summed E-state index contributed by atoms with van der Waals surface area (Å²) >= 11 is 11.8. The highest BCUT2D eigenvalue weighted by atomic mass is 35.5. The van der Waals surface area contributed by atoms with Crippen LogP contribution in [0.5, 0.6) is 0 Å². The number of halogens is 2. The molecule has 0 bridgehead atoms. The predicted molar refractivity (Wildman–Crippen MR) is 79.5 cm³/mol. The van der Waals surface area contributed by atoms with Gasteiger partial charge in [0.1, 0.15) is 11.3 Å². The van der Waals surface area contributed by atoms with E-state index < -0.39 is 5.63 Å². The van der Waals surface area contributed by atoms with Gasteiger partial charge in [-0.2, -0.15) is 0 Å². The van der Waals surface area contributed by atoms with Gasteiger partial charge in [-0.1, -0.05) is 23.2 Å². The van der Waals surface area contributed by atoms with Crippen molar-refractivity contribution in [1.29, 1.82) is 0 Å². The highest BCUT2D eigenvalue weighted by Crippen LogP contribution is 2.28. The van der Waals surface area contributed by atoms with Crippen LogP contribution < -0.4 is 10.9 Å². The maximum absolute atomic E-state index is 11.7. The zero-order valence-corrected chi connectivity index (χ0v) is 12.3. The quantitative estimate of drug-likeness (QED) is 0.863. The molecule has 0 radical (unpaired) electrons. The maximum Gasteiger partial charge on any atom is 0.348 e. The smallest absolute Gasteiger partial charge is 0.348 e. The van der Waals surface area contributed by atoms with Crippen molar-refractivity contribution in [2.75, 3.05) is 5.32 Å². The molecule has 20 heavy (non-hydrogen) atoms. The number of benzene rings is 1. The molecule has 0 amide bonds. The highest BCUT2D eigenvalue weighted by molar-refractivity contribution is 6.42. The van der Waals surface area contributed by atoms with Crippen molar-refractivity contribution in [2.24, 2.45) is 0 Å². The SMILES string of the molecule is CC(=O)c1c(Nc2ccc(Cl)c(Cl)c2)cc(C)oc1=O. The Morgan fingerprint density at radius 3 is 2.50 bits per heavy atom. The van der Waals surface area contributed by atoms with Crippen molar-refractivity contribution in [3.63, 3.8) is 0 Å². The fraction of sp³-hybridized carbons (Fsp3) is 0.143. The Morgan fingerprint density at radius 2 is 1.90 bits per heavy atom. The van der Waals surface area contributed by atoms with Gasteiger partial charge in [-0.3, -0.25) is 4.79 Å². The maximum atomic E-state index is 11.7.